The van der Waals surface area contributed by atoms with E-state index in [0.29, 0.717) is 10.6 Å². The molecule has 0 aromatic carbocycles. The quantitative estimate of drug-likeness (QED) is 0.912. The fraction of sp³-hybridized carbons (Fsp3) is 0.500. The highest BCUT2D eigenvalue weighted by Gasteiger charge is 2.24. The van der Waals surface area contributed by atoms with Crippen LogP contribution >= 0.6 is 11.3 Å². The normalized spacial score (nSPS) is 13.9. The SMILES string of the molecule is CCS(=O)(=O)CC(=O)Nc1sc2c(c1C#N)CCC2. The predicted octanol–water partition coefficient (Wildman–Crippen LogP) is 1.48. The van der Waals surface area contributed by atoms with Crippen molar-refractivity contribution in [2.75, 3.05) is 16.8 Å². The third-order valence-corrected chi connectivity index (χ3v) is 5.87. The molecule has 1 N–H and O–H groups in total. The second-order valence-corrected chi connectivity index (χ2v) is 7.86. The monoisotopic (exact) mass is 298 g/mol. The van der Waals surface area contributed by atoms with Crippen LogP contribution in [0, 0.1) is 11.3 Å². The van der Waals surface area contributed by atoms with Crippen molar-refractivity contribution in [1.82, 2.24) is 0 Å². The largest absolute Gasteiger partial charge is 0.316 e. The number of nitrogens with one attached hydrogen (secondary N) is 1. The second kappa shape index (κ2) is 5.31. The van der Waals surface area contributed by atoms with E-state index < -0.39 is 21.5 Å². The standard InChI is InChI=1S/C12H14N2O3S2/c1-2-19(16,17)7-11(15)14-12-9(6-13)8-4-3-5-10(8)18-12/h2-5,7H2,1H3,(H,14,15). The average Bonchev–Trinajstić information content (AvgIpc) is 2.88. The van der Waals surface area contributed by atoms with Crippen LogP contribution in [0.5, 0.6) is 0 Å². The Labute approximate surface area is 116 Å². The fourth-order valence-electron chi connectivity index (χ4n) is 2.08. The molecule has 1 aliphatic rings. The van der Waals surface area contributed by atoms with Crippen molar-refractivity contribution in [1.29, 1.82) is 5.26 Å². The molecule has 1 aromatic rings. The maximum Gasteiger partial charge on any atom is 0.240 e. The molecule has 0 unspecified atom stereocenters. The molecule has 19 heavy (non-hydrogen) atoms. The van der Waals surface area contributed by atoms with E-state index in [2.05, 4.69) is 11.4 Å². The Hall–Kier alpha value is -1.39. The van der Waals surface area contributed by atoms with Gasteiger partial charge in [-0.2, -0.15) is 5.26 Å². The number of nitriles is 1. The number of sulfone groups is 1. The van der Waals surface area contributed by atoms with Crippen LogP contribution in [0.25, 0.3) is 0 Å². The van der Waals surface area contributed by atoms with Gasteiger partial charge < -0.3 is 5.32 Å². The molecule has 5 nitrogen and oxygen atoms in total. The van der Waals surface area contributed by atoms with E-state index in [0.717, 1.165) is 29.7 Å². The number of hydrogen-bond donors (Lipinski definition) is 1. The summed E-state index contributed by atoms with van der Waals surface area (Å²) in [5.41, 5.74) is 1.51. The van der Waals surface area contributed by atoms with Crippen molar-refractivity contribution in [2.45, 2.75) is 26.2 Å². The van der Waals surface area contributed by atoms with Crippen molar-refractivity contribution in [2.24, 2.45) is 0 Å². The Bertz CT molecular complexity index is 653. The van der Waals surface area contributed by atoms with Gasteiger partial charge in [-0.25, -0.2) is 8.42 Å². The van der Waals surface area contributed by atoms with Crippen molar-refractivity contribution >= 4 is 32.1 Å². The number of fused-ring (bicyclic) bond motifs is 1. The molecule has 1 heterocycles. The highest BCUT2D eigenvalue weighted by atomic mass is 32.2. The van der Waals surface area contributed by atoms with E-state index in [1.807, 2.05) is 0 Å². The zero-order valence-corrected chi connectivity index (χ0v) is 12.2. The van der Waals surface area contributed by atoms with E-state index in [1.54, 1.807) is 0 Å². The van der Waals surface area contributed by atoms with E-state index >= 15 is 0 Å². The number of nitrogens with zero attached hydrogens (tertiary/aromatic N) is 1. The molecule has 7 heteroatoms. The Morgan fingerprint density at radius 2 is 2.21 bits per heavy atom. The summed E-state index contributed by atoms with van der Waals surface area (Å²) in [6, 6.07) is 2.10. The van der Waals surface area contributed by atoms with E-state index in [1.165, 1.54) is 18.3 Å². The molecule has 1 aliphatic carbocycles. The van der Waals surface area contributed by atoms with Gasteiger partial charge in [0, 0.05) is 10.6 Å². The molecule has 0 atom stereocenters. The molecule has 0 saturated heterocycles. The van der Waals surface area contributed by atoms with Crippen LogP contribution in [0.2, 0.25) is 0 Å². The highest BCUT2D eigenvalue weighted by molar-refractivity contribution is 7.92. The lowest BCUT2D eigenvalue weighted by Crippen LogP contribution is -2.23. The molecule has 0 aliphatic heterocycles. The van der Waals surface area contributed by atoms with Crippen molar-refractivity contribution in [3.63, 3.8) is 0 Å². The van der Waals surface area contributed by atoms with E-state index in [-0.39, 0.29) is 5.75 Å². The van der Waals surface area contributed by atoms with Gasteiger partial charge in [0.05, 0.1) is 5.56 Å². The number of thiophene rings is 1. The third-order valence-electron chi connectivity index (χ3n) is 3.08. The van der Waals surface area contributed by atoms with Gasteiger partial charge in [-0.05, 0) is 24.8 Å². The van der Waals surface area contributed by atoms with Crippen LogP contribution in [0.4, 0.5) is 5.00 Å². The summed E-state index contributed by atoms with van der Waals surface area (Å²) in [7, 11) is -3.34. The number of amides is 1. The molecule has 1 amide bonds. The number of rotatable bonds is 4. The summed E-state index contributed by atoms with van der Waals surface area (Å²) in [5, 5.41) is 12.2. The summed E-state index contributed by atoms with van der Waals surface area (Å²) in [4.78, 5) is 12.8. The Balaban J connectivity index is 2.17. The zero-order valence-electron chi connectivity index (χ0n) is 10.5. The van der Waals surface area contributed by atoms with Gasteiger partial charge in [0.15, 0.2) is 9.84 Å². The zero-order chi connectivity index (χ0) is 14.0. The van der Waals surface area contributed by atoms with E-state index in [4.69, 9.17) is 5.26 Å². The molecule has 2 rings (SSSR count). The average molecular weight is 298 g/mol. The molecule has 0 bridgehead atoms. The lowest BCUT2D eigenvalue weighted by Gasteiger charge is -2.04. The van der Waals surface area contributed by atoms with Gasteiger partial charge in [-0.3, -0.25) is 4.79 Å². The van der Waals surface area contributed by atoms with Crippen LogP contribution in [-0.4, -0.2) is 25.8 Å². The maximum absolute atomic E-state index is 11.7. The van der Waals surface area contributed by atoms with Gasteiger partial charge in [0.25, 0.3) is 0 Å². The van der Waals surface area contributed by atoms with Gasteiger partial charge in [-0.15, -0.1) is 11.3 Å². The lowest BCUT2D eigenvalue weighted by molar-refractivity contribution is -0.113. The van der Waals surface area contributed by atoms with Crippen molar-refractivity contribution in [3.05, 3.63) is 16.0 Å². The van der Waals surface area contributed by atoms with Gasteiger partial charge in [0.2, 0.25) is 5.91 Å². The number of hydrogen-bond acceptors (Lipinski definition) is 5. The summed E-state index contributed by atoms with van der Waals surface area (Å²) in [5.74, 6) is -1.16. The van der Waals surface area contributed by atoms with Gasteiger partial charge >= 0.3 is 0 Å². The highest BCUT2D eigenvalue weighted by Crippen LogP contribution is 2.38. The maximum atomic E-state index is 11.7. The number of carbonyl (C=O) groups is 1. The summed E-state index contributed by atoms with van der Waals surface area (Å²) in [6.07, 6.45) is 2.82. The molecular weight excluding hydrogens is 284 g/mol. The van der Waals surface area contributed by atoms with Crippen molar-refractivity contribution in [3.8, 4) is 6.07 Å². The summed E-state index contributed by atoms with van der Waals surface area (Å²) in [6.45, 7) is 1.50. The lowest BCUT2D eigenvalue weighted by atomic mass is 10.1. The summed E-state index contributed by atoms with van der Waals surface area (Å²) >= 11 is 1.39. The topological polar surface area (TPSA) is 87.0 Å². The summed E-state index contributed by atoms with van der Waals surface area (Å²) < 4.78 is 22.7. The molecule has 102 valence electrons. The minimum absolute atomic E-state index is 0.0630. The predicted molar refractivity (Wildman–Crippen MR) is 74.0 cm³/mol. The molecule has 0 radical (unpaired) electrons. The number of carbonyl (C=O) groups excluding carboxylic acids is 1. The Kier molecular flexibility index (Phi) is 3.92. The van der Waals surface area contributed by atoms with Gasteiger partial charge in [-0.1, -0.05) is 6.92 Å². The minimum Gasteiger partial charge on any atom is -0.316 e. The Morgan fingerprint density at radius 3 is 2.84 bits per heavy atom. The second-order valence-electron chi connectivity index (χ2n) is 4.40. The van der Waals surface area contributed by atoms with E-state index in [9.17, 15) is 13.2 Å². The molecule has 0 fully saturated rings. The molecule has 1 aromatic heterocycles. The van der Waals surface area contributed by atoms with Crippen molar-refractivity contribution < 1.29 is 13.2 Å². The third kappa shape index (κ3) is 2.96. The number of aryl methyl sites for hydroxylation is 1. The van der Waals surface area contributed by atoms with Crippen LogP contribution in [0.15, 0.2) is 0 Å². The van der Waals surface area contributed by atoms with Crippen LogP contribution < -0.4 is 5.32 Å². The first-order chi connectivity index (χ1) is 8.96. The Morgan fingerprint density at radius 1 is 1.47 bits per heavy atom. The first-order valence-corrected chi connectivity index (χ1v) is 8.65. The van der Waals surface area contributed by atoms with Crippen LogP contribution in [0.3, 0.4) is 0 Å². The first-order valence-electron chi connectivity index (χ1n) is 6.01. The smallest absolute Gasteiger partial charge is 0.240 e. The first kappa shape index (κ1) is 14.0. The van der Waals surface area contributed by atoms with Crippen LogP contribution in [0.1, 0.15) is 29.3 Å². The molecule has 0 saturated carbocycles. The molecule has 0 spiro atoms. The van der Waals surface area contributed by atoms with Gasteiger partial charge in [0.1, 0.15) is 16.8 Å². The fourth-order valence-corrected chi connectivity index (χ4v) is 4.01. The minimum atomic E-state index is -3.34. The van der Waals surface area contributed by atoms with Crippen LogP contribution in [-0.2, 0) is 27.5 Å². The molecular formula is C12H14N2O3S2. The number of anilines is 1.